The van der Waals surface area contributed by atoms with E-state index in [1.165, 1.54) is 12.0 Å². The lowest BCUT2D eigenvalue weighted by molar-refractivity contribution is 0.173. The highest BCUT2D eigenvalue weighted by Crippen LogP contribution is 2.45. The summed E-state index contributed by atoms with van der Waals surface area (Å²) in [6, 6.07) is 10.5. The van der Waals surface area contributed by atoms with Gasteiger partial charge in [0, 0.05) is 12.4 Å². The van der Waals surface area contributed by atoms with Crippen LogP contribution >= 0.6 is 0 Å². The predicted octanol–water partition coefficient (Wildman–Crippen LogP) is 3.19. The lowest BCUT2D eigenvalue weighted by atomic mass is 9.65. The third-order valence-corrected chi connectivity index (χ3v) is 4.37. The fourth-order valence-electron chi connectivity index (χ4n) is 3.01. The van der Waals surface area contributed by atoms with E-state index in [2.05, 4.69) is 44.4 Å². The highest BCUT2D eigenvalue weighted by molar-refractivity contribution is 5.45. The number of hydrogen-bond donors (Lipinski definition) is 0. The Morgan fingerprint density at radius 3 is 2.64 bits per heavy atom. The van der Waals surface area contributed by atoms with Crippen molar-refractivity contribution in [3.63, 3.8) is 0 Å². The van der Waals surface area contributed by atoms with Gasteiger partial charge in [-0.05, 0) is 24.8 Å². The number of hydrogen-bond acceptors (Lipinski definition) is 5. The first-order valence-electron chi connectivity index (χ1n) is 7.50. The van der Waals surface area contributed by atoms with Crippen molar-refractivity contribution in [1.29, 1.82) is 0 Å². The minimum absolute atomic E-state index is 0.0190. The van der Waals surface area contributed by atoms with Crippen molar-refractivity contribution in [2.45, 2.75) is 31.1 Å². The average Bonchev–Trinajstić information content (AvgIpc) is 3.03. The van der Waals surface area contributed by atoms with Gasteiger partial charge in [0.05, 0.1) is 11.6 Å². The molecule has 5 heteroatoms. The molecule has 1 aliphatic carbocycles. The molecule has 1 saturated carbocycles. The Labute approximate surface area is 128 Å². The van der Waals surface area contributed by atoms with Crippen LogP contribution in [0.5, 0.6) is 0 Å². The Morgan fingerprint density at radius 1 is 1.09 bits per heavy atom. The molecule has 0 atom stereocenters. The molecule has 110 valence electrons. The fourth-order valence-corrected chi connectivity index (χ4v) is 3.01. The van der Waals surface area contributed by atoms with Gasteiger partial charge in [-0.1, -0.05) is 41.9 Å². The van der Waals surface area contributed by atoms with Crippen molar-refractivity contribution in [1.82, 2.24) is 20.1 Å². The summed E-state index contributed by atoms with van der Waals surface area (Å²) in [5.41, 5.74) is 1.93. The maximum absolute atomic E-state index is 5.57. The smallest absolute Gasteiger partial charge is 0.233 e. The Morgan fingerprint density at radius 2 is 1.95 bits per heavy atom. The van der Waals surface area contributed by atoms with E-state index < -0.39 is 0 Å². The summed E-state index contributed by atoms with van der Waals surface area (Å²) in [5.74, 6) is 1.24. The molecule has 0 N–H and O–H groups in total. The van der Waals surface area contributed by atoms with Gasteiger partial charge < -0.3 is 4.52 Å². The zero-order chi connectivity index (χ0) is 14.8. The van der Waals surface area contributed by atoms with E-state index in [0.717, 1.165) is 25.2 Å². The second kappa shape index (κ2) is 5.33. The summed E-state index contributed by atoms with van der Waals surface area (Å²) in [5, 5.41) is 4.09. The van der Waals surface area contributed by atoms with Crippen LogP contribution < -0.4 is 0 Å². The zero-order valence-corrected chi connectivity index (χ0v) is 12.1. The first-order chi connectivity index (χ1) is 10.9. The zero-order valence-electron chi connectivity index (χ0n) is 12.1. The molecule has 22 heavy (non-hydrogen) atoms. The predicted molar refractivity (Wildman–Crippen MR) is 81.0 cm³/mol. The quantitative estimate of drug-likeness (QED) is 0.739. The number of nitrogens with zero attached hydrogens (tertiary/aromatic N) is 4. The van der Waals surface area contributed by atoms with Crippen LogP contribution in [0.3, 0.4) is 0 Å². The molecule has 0 radical (unpaired) electrons. The van der Waals surface area contributed by atoms with E-state index in [-0.39, 0.29) is 5.41 Å². The highest BCUT2D eigenvalue weighted by Gasteiger charge is 2.43. The van der Waals surface area contributed by atoms with Crippen LogP contribution in [0, 0.1) is 0 Å². The third-order valence-electron chi connectivity index (χ3n) is 4.37. The molecule has 2 heterocycles. The van der Waals surface area contributed by atoms with E-state index in [1.54, 1.807) is 18.6 Å². The molecule has 0 saturated heterocycles. The summed E-state index contributed by atoms with van der Waals surface area (Å²) >= 11 is 0. The second-order valence-corrected chi connectivity index (χ2v) is 5.81. The lowest BCUT2D eigenvalue weighted by Crippen LogP contribution is -2.36. The monoisotopic (exact) mass is 292 g/mol. The molecular weight excluding hydrogens is 276 g/mol. The maximum atomic E-state index is 5.57. The van der Waals surface area contributed by atoms with Gasteiger partial charge in [0.2, 0.25) is 11.7 Å². The van der Waals surface area contributed by atoms with Gasteiger partial charge in [-0.3, -0.25) is 4.98 Å². The second-order valence-electron chi connectivity index (χ2n) is 5.81. The molecule has 1 aliphatic rings. The standard InChI is InChI=1S/C17H16N4O/c1-2-5-13(6-3-1)11-17(7-4-8-17)16-20-15(21-22-16)14-12-18-9-10-19-14/h1-3,5-6,9-10,12H,4,7-8,11H2. The minimum Gasteiger partial charge on any atom is -0.338 e. The lowest BCUT2D eigenvalue weighted by Gasteiger charge is -2.38. The van der Waals surface area contributed by atoms with Crippen LogP contribution in [0.15, 0.2) is 53.4 Å². The van der Waals surface area contributed by atoms with Gasteiger partial charge in [0.25, 0.3) is 0 Å². The Hall–Kier alpha value is -2.56. The first-order valence-corrected chi connectivity index (χ1v) is 7.50. The fraction of sp³-hybridized carbons (Fsp3) is 0.294. The average molecular weight is 292 g/mol. The van der Waals surface area contributed by atoms with Crippen LogP contribution in [0.4, 0.5) is 0 Å². The molecular formula is C17H16N4O. The molecule has 0 amide bonds. The summed E-state index contributed by atoms with van der Waals surface area (Å²) in [4.78, 5) is 12.9. The van der Waals surface area contributed by atoms with Gasteiger partial charge in [-0.25, -0.2) is 4.98 Å². The van der Waals surface area contributed by atoms with Crippen LogP contribution in [0.25, 0.3) is 11.5 Å². The molecule has 5 nitrogen and oxygen atoms in total. The van der Waals surface area contributed by atoms with E-state index in [9.17, 15) is 0 Å². The maximum Gasteiger partial charge on any atom is 0.233 e. The number of aromatic nitrogens is 4. The van der Waals surface area contributed by atoms with Gasteiger partial charge in [-0.2, -0.15) is 4.98 Å². The molecule has 2 aromatic heterocycles. The van der Waals surface area contributed by atoms with E-state index in [0.29, 0.717) is 11.5 Å². The molecule has 1 fully saturated rings. The highest BCUT2D eigenvalue weighted by atomic mass is 16.5. The number of rotatable bonds is 4. The molecule has 4 rings (SSSR count). The van der Waals surface area contributed by atoms with Crippen molar-refractivity contribution < 1.29 is 4.52 Å². The van der Waals surface area contributed by atoms with Gasteiger partial charge >= 0.3 is 0 Å². The molecule has 3 aromatic rings. The van der Waals surface area contributed by atoms with Crippen molar-refractivity contribution in [3.05, 3.63) is 60.4 Å². The molecule has 0 unspecified atom stereocenters. The molecule has 1 aromatic carbocycles. The normalized spacial score (nSPS) is 16.2. The third kappa shape index (κ3) is 2.28. The summed E-state index contributed by atoms with van der Waals surface area (Å²) in [6.45, 7) is 0. The first kappa shape index (κ1) is 13.1. The molecule has 0 aliphatic heterocycles. The van der Waals surface area contributed by atoms with Gasteiger partial charge in [0.1, 0.15) is 5.69 Å². The Bertz CT molecular complexity index is 751. The van der Waals surface area contributed by atoms with Gasteiger partial charge in [0.15, 0.2) is 0 Å². The number of benzene rings is 1. The van der Waals surface area contributed by atoms with E-state index in [1.807, 2.05) is 6.07 Å². The van der Waals surface area contributed by atoms with Crippen molar-refractivity contribution in [2.24, 2.45) is 0 Å². The van der Waals surface area contributed by atoms with Crippen LogP contribution in [-0.2, 0) is 11.8 Å². The Kier molecular flexibility index (Phi) is 3.18. The topological polar surface area (TPSA) is 64.7 Å². The van der Waals surface area contributed by atoms with Crippen LogP contribution in [-0.4, -0.2) is 20.1 Å². The summed E-state index contributed by atoms with van der Waals surface area (Å²) in [6.07, 6.45) is 9.24. The Balaban J connectivity index is 1.64. The van der Waals surface area contributed by atoms with Crippen LogP contribution in [0.1, 0.15) is 30.7 Å². The molecule has 0 bridgehead atoms. The summed E-state index contributed by atoms with van der Waals surface area (Å²) < 4.78 is 5.57. The van der Waals surface area contributed by atoms with E-state index >= 15 is 0 Å². The van der Waals surface area contributed by atoms with E-state index in [4.69, 9.17) is 4.52 Å². The SMILES string of the molecule is c1ccc(CC2(c3nc(-c4cnccn4)no3)CCC2)cc1. The van der Waals surface area contributed by atoms with Crippen molar-refractivity contribution >= 4 is 0 Å². The van der Waals surface area contributed by atoms with Crippen molar-refractivity contribution in [2.75, 3.05) is 0 Å². The molecule has 0 spiro atoms. The van der Waals surface area contributed by atoms with Crippen LogP contribution in [0.2, 0.25) is 0 Å². The largest absolute Gasteiger partial charge is 0.338 e. The summed E-state index contributed by atoms with van der Waals surface area (Å²) in [7, 11) is 0. The van der Waals surface area contributed by atoms with Gasteiger partial charge in [-0.15, -0.1) is 0 Å². The minimum atomic E-state index is -0.0190. The van der Waals surface area contributed by atoms with Crippen molar-refractivity contribution in [3.8, 4) is 11.5 Å².